The average molecular weight is 470 g/mol. The van der Waals surface area contributed by atoms with Gasteiger partial charge < -0.3 is 14.3 Å². The lowest BCUT2D eigenvalue weighted by molar-refractivity contribution is -0.118. The molecule has 1 aliphatic rings. The van der Waals surface area contributed by atoms with Crippen LogP contribution in [-0.2, 0) is 14.0 Å². The van der Waals surface area contributed by atoms with Gasteiger partial charge in [-0.2, -0.15) is 4.98 Å². The molecular formula is C20H32FN5O5Si. The lowest BCUT2D eigenvalue weighted by Gasteiger charge is -2.37. The minimum Gasteiger partial charge on any atom is -0.414 e. The summed E-state index contributed by atoms with van der Waals surface area (Å²) in [5.74, 6) is -0.720. The Kier molecular flexibility index (Phi) is 6.62. The number of anilines is 1. The number of hydrogen-bond donors (Lipinski definition) is 3. The number of fused-ring (bicyclic) bond motifs is 1. The molecule has 4 atom stereocenters. The number of aromatic nitrogens is 4. The maximum Gasteiger partial charge on any atom is 0.280 e. The van der Waals surface area contributed by atoms with E-state index in [9.17, 15) is 19.1 Å². The second kappa shape index (κ2) is 8.65. The molecule has 178 valence electrons. The molecule has 2 aromatic heterocycles. The number of aromatic amines is 1. The lowest BCUT2D eigenvalue weighted by atomic mass is 10.1. The minimum absolute atomic E-state index is 0.00154. The smallest absolute Gasteiger partial charge is 0.280 e. The Hall–Kier alpha value is -2.15. The van der Waals surface area contributed by atoms with Crippen LogP contribution in [0.4, 0.5) is 10.3 Å². The Morgan fingerprint density at radius 3 is 2.69 bits per heavy atom. The van der Waals surface area contributed by atoms with Crippen molar-refractivity contribution < 1.29 is 23.5 Å². The number of H-pyrrole nitrogens is 1. The average Bonchev–Trinajstić information content (AvgIpc) is 3.21. The third-order valence-corrected chi connectivity index (χ3v) is 10.7. The van der Waals surface area contributed by atoms with E-state index in [4.69, 9.17) is 9.16 Å². The Labute approximate surface area is 186 Å². The fourth-order valence-electron chi connectivity index (χ4n) is 3.01. The molecular weight excluding hydrogens is 437 g/mol. The lowest BCUT2D eigenvalue weighted by Crippen LogP contribution is -2.44. The van der Waals surface area contributed by atoms with Gasteiger partial charge in [0.25, 0.3) is 5.56 Å². The number of halogens is 1. The van der Waals surface area contributed by atoms with Crippen molar-refractivity contribution in [3.05, 3.63) is 16.7 Å². The molecule has 12 heteroatoms. The summed E-state index contributed by atoms with van der Waals surface area (Å²) in [5.41, 5.74) is -0.523. The first-order chi connectivity index (χ1) is 14.7. The molecule has 0 spiro atoms. The quantitative estimate of drug-likeness (QED) is 0.553. The number of hydrogen-bond acceptors (Lipinski definition) is 7. The van der Waals surface area contributed by atoms with Gasteiger partial charge >= 0.3 is 0 Å². The molecule has 0 saturated carbocycles. The summed E-state index contributed by atoms with van der Waals surface area (Å²) in [6, 6.07) is 0. The highest BCUT2D eigenvalue weighted by Crippen LogP contribution is 2.38. The molecule has 3 rings (SSSR count). The first-order valence-corrected chi connectivity index (χ1v) is 13.5. The van der Waals surface area contributed by atoms with Gasteiger partial charge in [-0.1, -0.05) is 34.6 Å². The molecule has 1 saturated heterocycles. The van der Waals surface area contributed by atoms with Gasteiger partial charge in [0.1, 0.15) is 12.2 Å². The fraction of sp³-hybridized carbons (Fsp3) is 0.700. The van der Waals surface area contributed by atoms with Crippen molar-refractivity contribution >= 4 is 31.3 Å². The summed E-state index contributed by atoms with van der Waals surface area (Å²) in [5, 5.41) is 13.0. The van der Waals surface area contributed by atoms with Crippen LogP contribution in [0.15, 0.2) is 11.1 Å². The second-order valence-electron chi connectivity index (χ2n) is 9.95. The maximum absolute atomic E-state index is 14.9. The SMILES string of the molecule is CC(C)C(=O)Nc1nc2c(ncn2[C@@H]2O[C@H](CO[Si](C)(C)C(C)(C)C)[C@@H](F)[C@H]2O)c(=O)[nH]1. The first kappa shape index (κ1) is 24.5. The molecule has 0 aromatic carbocycles. The van der Waals surface area contributed by atoms with E-state index in [-0.39, 0.29) is 40.6 Å². The fourth-order valence-corrected chi connectivity index (χ4v) is 4.03. The van der Waals surface area contributed by atoms with Crippen LogP contribution in [0.25, 0.3) is 11.2 Å². The van der Waals surface area contributed by atoms with Crippen LogP contribution < -0.4 is 10.9 Å². The predicted octanol–water partition coefficient (Wildman–Crippen LogP) is 2.33. The van der Waals surface area contributed by atoms with Crippen molar-refractivity contribution in [2.45, 2.75) is 77.4 Å². The summed E-state index contributed by atoms with van der Waals surface area (Å²) < 4.78 is 28.1. The largest absolute Gasteiger partial charge is 0.414 e. The summed E-state index contributed by atoms with van der Waals surface area (Å²) in [6.07, 6.45) is -4.06. The Balaban J connectivity index is 1.86. The van der Waals surface area contributed by atoms with Crippen LogP contribution in [0.1, 0.15) is 40.8 Å². The normalized spacial score (nSPS) is 24.4. The molecule has 32 heavy (non-hydrogen) atoms. The third kappa shape index (κ3) is 4.63. The van der Waals surface area contributed by atoms with Crippen LogP contribution >= 0.6 is 0 Å². The minimum atomic E-state index is -2.14. The summed E-state index contributed by atoms with van der Waals surface area (Å²) in [7, 11) is -2.14. The molecule has 3 N–H and O–H groups in total. The molecule has 10 nitrogen and oxygen atoms in total. The van der Waals surface area contributed by atoms with Crippen molar-refractivity contribution in [2.24, 2.45) is 5.92 Å². The van der Waals surface area contributed by atoms with Gasteiger partial charge in [0.15, 0.2) is 31.9 Å². The number of alkyl halides is 1. The van der Waals surface area contributed by atoms with E-state index in [1.807, 2.05) is 0 Å². The molecule has 0 bridgehead atoms. The topological polar surface area (TPSA) is 131 Å². The molecule has 0 aliphatic carbocycles. The van der Waals surface area contributed by atoms with Gasteiger partial charge in [0, 0.05) is 5.92 Å². The first-order valence-electron chi connectivity index (χ1n) is 10.6. The highest BCUT2D eigenvalue weighted by molar-refractivity contribution is 6.74. The zero-order chi connectivity index (χ0) is 24.0. The zero-order valence-corrected chi connectivity index (χ0v) is 20.5. The number of rotatable bonds is 6. The van der Waals surface area contributed by atoms with Crippen LogP contribution in [0.5, 0.6) is 0 Å². The third-order valence-electron chi connectivity index (χ3n) is 6.17. The number of nitrogens with one attached hydrogen (secondary N) is 2. The number of aliphatic hydroxyl groups is 1. The van der Waals surface area contributed by atoms with Crippen molar-refractivity contribution in [3.63, 3.8) is 0 Å². The van der Waals surface area contributed by atoms with Crippen molar-refractivity contribution in [2.75, 3.05) is 11.9 Å². The van der Waals surface area contributed by atoms with E-state index >= 15 is 0 Å². The van der Waals surface area contributed by atoms with E-state index < -0.39 is 38.5 Å². The number of carbonyl (C=O) groups excluding carboxylic acids is 1. The van der Waals surface area contributed by atoms with Crippen LogP contribution in [0.2, 0.25) is 18.1 Å². The van der Waals surface area contributed by atoms with E-state index in [0.29, 0.717) is 0 Å². The van der Waals surface area contributed by atoms with Crippen LogP contribution in [0, 0.1) is 5.92 Å². The number of ether oxygens (including phenoxy) is 1. The number of amides is 1. The number of aliphatic hydroxyl groups excluding tert-OH is 1. The van der Waals surface area contributed by atoms with E-state index in [2.05, 4.69) is 54.1 Å². The maximum atomic E-state index is 14.9. The van der Waals surface area contributed by atoms with E-state index in [0.717, 1.165) is 0 Å². The summed E-state index contributed by atoms with van der Waals surface area (Å²) in [4.78, 5) is 35.1. The second-order valence-corrected chi connectivity index (χ2v) is 14.8. The van der Waals surface area contributed by atoms with Gasteiger partial charge in [-0.05, 0) is 18.1 Å². The Bertz CT molecular complexity index is 1050. The molecule has 1 fully saturated rings. The van der Waals surface area contributed by atoms with Gasteiger partial charge in [0.2, 0.25) is 11.9 Å². The highest BCUT2D eigenvalue weighted by Gasteiger charge is 2.47. The molecule has 2 aromatic rings. The number of imidazole rings is 1. The van der Waals surface area contributed by atoms with E-state index in [1.165, 1.54) is 10.9 Å². The molecule has 0 radical (unpaired) electrons. The molecule has 3 heterocycles. The van der Waals surface area contributed by atoms with E-state index in [1.54, 1.807) is 13.8 Å². The van der Waals surface area contributed by atoms with Crippen LogP contribution in [0.3, 0.4) is 0 Å². The van der Waals surface area contributed by atoms with Crippen molar-refractivity contribution in [1.82, 2.24) is 19.5 Å². The monoisotopic (exact) mass is 469 g/mol. The summed E-state index contributed by atoms with van der Waals surface area (Å²) in [6.45, 7) is 13.7. The highest BCUT2D eigenvalue weighted by atomic mass is 28.4. The number of nitrogens with zero attached hydrogens (tertiary/aromatic N) is 3. The van der Waals surface area contributed by atoms with Gasteiger partial charge in [0.05, 0.1) is 12.9 Å². The molecule has 0 unspecified atom stereocenters. The van der Waals surface area contributed by atoms with Gasteiger partial charge in [-0.3, -0.25) is 24.5 Å². The van der Waals surface area contributed by atoms with Crippen LogP contribution in [-0.4, -0.2) is 63.8 Å². The summed E-state index contributed by atoms with van der Waals surface area (Å²) >= 11 is 0. The van der Waals surface area contributed by atoms with Crippen molar-refractivity contribution in [1.29, 1.82) is 0 Å². The molecule has 1 aliphatic heterocycles. The van der Waals surface area contributed by atoms with Crippen molar-refractivity contribution in [3.8, 4) is 0 Å². The number of carbonyl (C=O) groups is 1. The van der Waals surface area contributed by atoms with Gasteiger partial charge in [-0.25, -0.2) is 9.37 Å². The van der Waals surface area contributed by atoms with Gasteiger partial charge in [-0.15, -0.1) is 0 Å². The predicted molar refractivity (Wildman–Crippen MR) is 120 cm³/mol. The Morgan fingerprint density at radius 1 is 1.44 bits per heavy atom. The zero-order valence-electron chi connectivity index (χ0n) is 19.5. The molecule has 1 amide bonds. The standard InChI is InChI=1S/C20H32FN5O5Si/c1-10(2)16(28)24-19-23-15-13(17(29)25-19)22-9-26(15)18-14(27)12(21)11(31-18)8-30-32(6,7)20(3,4)5/h9-12,14,18,27H,8H2,1-7H3,(H2,23,24,25,28,29)/t11-,12-,14-,18-/m1/s1. The Morgan fingerprint density at radius 2 is 2.09 bits per heavy atom.